The first-order chi connectivity index (χ1) is 13.1. The summed E-state index contributed by atoms with van der Waals surface area (Å²) < 4.78 is 5.10. The van der Waals surface area contributed by atoms with Gasteiger partial charge in [0.05, 0.1) is 18.4 Å². The van der Waals surface area contributed by atoms with Crippen molar-refractivity contribution in [1.82, 2.24) is 9.80 Å². The van der Waals surface area contributed by atoms with E-state index in [0.717, 1.165) is 19.3 Å². The molecule has 0 radical (unpaired) electrons. The largest absolute Gasteiger partial charge is 0.466 e. The predicted molar refractivity (Wildman–Crippen MR) is 101 cm³/mol. The van der Waals surface area contributed by atoms with Crippen LogP contribution in [0.2, 0.25) is 0 Å². The van der Waals surface area contributed by atoms with Crippen LogP contribution in [-0.4, -0.2) is 60.4 Å². The lowest BCUT2D eigenvalue weighted by atomic mass is 9.96. The second-order valence-corrected chi connectivity index (χ2v) is 7.35. The van der Waals surface area contributed by atoms with Crippen LogP contribution in [0.3, 0.4) is 0 Å². The van der Waals surface area contributed by atoms with Gasteiger partial charge in [0.1, 0.15) is 0 Å². The Morgan fingerprint density at radius 2 is 1.93 bits per heavy atom. The number of piperidine rings is 1. The van der Waals surface area contributed by atoms with E-state index in [2.05, 4.69) is 0 Å². The number of ether oxygens (including phenoxy) is 1. The van der Waals surface area contributed by atoms with Crippen LogP contribution in [-0.2, 0) is 25.5 Å². The van der Waals surface area contributed by atoms with Crippen LogP contribution in [0.1, 0.15) is 31.7 Å². The van der Waals surface area contributed by atoms with E-state index < -0.39 is 0 Å². The van der Waals surface area contributed by atoms with Crippen molar-refractivity contribution in [3.63, 3.8) is 0 Å². The molecule has 2 atom stereocenters. The molecule has 2 amide bonds. The van der Waals surface area contributed by atoms with E-state index in [1.54, 1.807) is 16.7 Å². The number of benzene rings is 1. The van der Waals surface area contributed by atoms with Crippen LogP contribution in [0, 0.1) is 11.8 Å². The first kappa shape index (κ1) is 19.4. The molecule has 0 spiro atoms. The third-order valence-electron chi connectivity index (χ3n) is 5.43. The lowest BCUT2D eigenvalue weighted by Gasteiger charge is -2.33. The molecule has 2 saturated heterocycles. The first-order valence-electron chi connectivity index (χ1n) is 9.85. The molecule has 1 aromatic carbocycles. The van der Waals surface area contributed by atoms with Gasteiger partial charge in [-0.2, -0.15) is 0 Å². The highest BCUT2D eigenvalue weighted by molar-refractivity contribution is 5.89. The van der Waals surface area contributed by atoms with Crippen molar-refractivity contribution in [3.05, 3.63) is 35.9 Å². The lowest BCUT2D eigenvalue weighted by molar-refractivity contribution is -0.152. The summed E-state index contributed by atoms with van der Waals surface area (Å²) in [5.74, 6) is -0.715. The number of likely N-dealkylation sites (tertiary alicyclic amines) is 2. The summed E-state index contributed by atoms with van der Waals surface area (Å²) in [7, 11) is 0. The second-order valence-electron chi connectivity index (χ2n) is 7.35. The lowest BCUT2D eigenvalue weighted by Crippen LogP contribution is -2.45. The van der Waals surface area contributed by atoms with E-state index in [1.165, 1.54) is 5.56 Å². The molecule has 0 N–H and O–H groups in total. The molecule has 2 aliphatic heterocycles. The Labute approximate surface area is 160 Å². The fraction of sp³-hybridized carbons (Fsp3) is 0.571. The Bertz CT molecular complexity index is 676. The molecule has 0 saturated carbocycles. The fourth-order valence-electron chi connectivity index (χ4n) is 3.95. The highest BCUT2D eigenvalue weighted by Gasteiger charge is 2.38. The Morgan fingerprint density at radius 3 is 2.67 bits per heavy atom. The van der Waals surface area contributed by atoms with Gasteiger partial charge < -0.3 is 14.5 Å². The molecule has 6 nitrogen and oxygen atoms in total. The summed E-state index contributed by atoms with van der Waals surface area (Å²) in [6, 6.07) is 10.0. The van der Waals surface area contributed by atoms with E-state index in [1.807, 2.05) is 30.3 Å². The predicted octanol–water partition coefficient (Wildman–Crippen LogP) is 1.88. The Kier molecular flexibility index (Phi) is 6.48. The van der Waals surface area contributed by atoms with E-state index >= 15 is 0 Å². The number of hydrogen-bond acceptors (Lipinski definition) is 4. The third kappa shape index (κ3) is 4.87. The molecule has 2 heterocycles. The maximum Gasteiger partial charge on any atom is 0.310 e. The minimum atomic E-state index is -0.297. The highest BCUT2D eigenvalue weighted by Crippen LogP contribution is 2.24. The van der Waals surface area contributed by atoms with Gasteiger partial charge in [0.2, 0.25) is 11.8 Å². The van der Waals surface area contributed by atoms with Crippen LogP contribution in [0.15, 0.2) is 30.3 Å². The van der Waals surface area contributed by atoms with Gasteiger partial charge in [-0.1, -0.05) is 30.3 Å². The monoisotopic (exact) mass is 372 g/mol. The topological polar surface area (TPSA) is 66.9 Å². The Hall–Kier alpha value is -2.37. The van der Waals surface area contributed by atoms with Gasteiger partial charge in [0.25, 0.3) is 0 Å². The molecule has 6 heteroatoms. The Morgan fingerprint density at radius 1 is 1.15 bits per heavy atom. The van der Waals surface area contributed by atoms with Crippen molar-refractivity contribution in [3.8, 4) is 0 Å². The van der Waals surface area contributed by atoms with Crippen molar-refractivity contribution in [2.75, 3.05) is 32.8 Å². The van der Waals surface area contributed by atoms with Gasteiger partial charge in [-0.3, -0.25) is 14.4 Å². The van der Waals surface area contributed by atoms with E-state index in [4.69, 9.17) is 4.74 Å². The summed E-state index contributed by atoms with van der Waals surface area (Å²) in [6.07, 6.45) is 2.62. The van der Waals surface area contributed by atoms with E-state index in [0.29, 0.717) is 32.8 Å². The molecule has 2 fully saturated rings. The van der Waals surface area contributed by atoms with Gasteiger partial charge in [0, 0.05) is 32.6 Å². The second kappa shape index (κ2) is 9.02. The van der Waals surface area contributed by atoms with Crippen molar-refractivity contribution >= 4 is 17.8 Å². The Balaban J connectivity index is 1.53. The number of carbonyl (C=O) groups is 3. The zero-order valence-electron chi connectivity index (χ0n) is 15.9. The standard InChI is InChI=1S/C21H28N2O4/c1-2-27-21(26)17-9-6-11-23(14-17)20(25)18-13-19(24)22(15-18)12-10-16-7-4-3-5-8-16/h3-5,7-8,17-18H,2,6,9-15H2,1H3/t17-,18+/m0/s1. The molecule has 0 aliphatic carbocycles. The van der Waals surface area contributed by atoms with Crippen LogP contribution < -0.4 is 0 Å². The van der Waals surface area contributed by atoms with Crippen molar-refractivity contribution in [1.29, 1.82) is 0 Å². The van der Waals surface area contributed by atoms with Crippen molar-refractivity contribution in [2.45, 2.75) is 32.6 Å². The zero-order chi connectivity index (χ0) is 19.2. The summed E-state index contributed by atoms with van der Waals surface area (Å²) in [5.41, 5.74) is 1.19. The number of carbonyl (C=O) groups excluding carboxylic acids is 3. The smallest absolute Gasteiger partial charge is 0.310 e. The molecular weight excluding hydrogens is 344 g/mol. The number of rotatable bonds is 6. The molecule has 27 heavy (non-hydrogen) atoms. The summed E-state index contributed by atoms with van der Waals surface area (Å²) in [5, 5.41) is 0. The molecule has 2 aliphatic rings. The van der Waals surface area contributed by atoms with Gasteiger partial charge in [-0.05, 0) is 31.7 Å². The number of hydrogen-bond donors (Lipinski definition) is 0. The quantitative estimate of drug-likeness (QED) is 0.715. The maximum atomic E-state index is 12.9. The maximum absolute atomic E-state index is 12.9. The van der Waals surface area contributed by atoms with Gasteiger partial charge in [-0.25, -0.2) is 0 Å². The summed E-state index contributed by atoms with van der Waals surface area (Å²) in [4.78, 5) is 40.8. The van der Waals surface area contributed by atoms with Gasteiger partial charge in [0.15, 0.2) is 0 Å². The highest BCUT2D eigenvalue weighted by atomic mass is 16.5. The van der Waals surface area contributed by atoms with Crippen LogP contribution in [0.25, 0.3) is 0 Å². The van der Waals surface area contributed by atoms with Crippen molar-refractivity contribution in [2.24, 2.45) is 11.8 Å². The molecular formula is C21H28N2O4. The SMILES string of the molecule is CCOC(=O)[C@H]1CCCN(C(=O)[C@@H]2CC(=O)N(CCc3ccccc3)C2)C1. The molecule has 146 valence electrons. The van der Waals surface area contributed by atoms with Gasteiger partial charge >= 0.3 is 5.97 Å². The van der Waals surface area contributed by atoms with Crippen LogP contribution in [0.5, 0.6) is 0 Å². The zero-order valence-corrected chi connectivity index (χ0v) is 15.9. The van der Waals surface area contributed by atoms with Gasteiger partial charge in [-0.15, -0.1) is 0 Å². The minimum absolute atomic E-state index is 0.000408. The van der Waals surface area contributed by atoms with E-state index in [-0.39, 0.29) is 36.0 Å². The summed E-state index contributed by atoms with van der Waals surface area (Å²) >= 11 is 0. The number of esters is 1. The minimum Gasteiger partial charge on any atom is -0.466 e. The third-order valence-corrected chi connectivity index (χ3v) is 5.43. The molecule has 0 unspecified atom stereocenters. The fourth-order valence-corrected chi connectivity index (χ4v) is 3.95. The van der Waals surface area contributed by atoms with Crippen molar-refractivity contribution < 1.29 is 19.1 Å². The van der Waals surface area contributed by atoms with Crippen LogP contribution in [0.4, 0.5) is 0 Å². The first-order valence-corrected chi connectivity index (χ1v) is 9.85. The molecule has 0 bridgehead atoms. The normalized spacial score (nSPS) is 22.8. The average Bonchev–Trinajstić information content (AvgIpc) is 3.07. The molecule has 1 aromatic rings. The molecule has 0 aromatic heterocycles. The molecule has 3 rings (SSSR count). The van der Waals surface area contributed by atoms with E-state index in [9.17, 15) is 14.4 Å². The summed E-state index contributed by atoms with van der Waals surface area (Å²) in [6.45, 7) is 4.33. The van der Waals surface area contributed by atoms with Crippen LogP contribution >= 0.6 is 0 Å². The average molecular weight is 372 g/mol. The number of nitrogens with zero attached hydrogens (tertiary/aromatic N) is 2. The number of amides is 2.